The third kappa shape index (κ3) is 33.5. The molecule has 1 atom stereocenters. The third-order valence-corrected chi connectivity index (χ3v) is 5.48. The molecule has 5 heteroatoms. The zero-order chi connectivity index (χ0) is 33.2. The van der Waals surface area contributed by atoms with E-state index in [4.69, 9.17) is 14.2 Å². The van der Waals surface area contributed by atoms with Gasteiger partial charge in [-0.3, -0.25) is 4.79 Å². The number of allylic oxidation sites excluding steroid dienone is 12. The van der Waals surface area contributed by atoms with Crippen molar-refractivity contribution in [1.82, 2.24) is 0 Å². The molecule has 0 aliphatic heterocycles. The summed E-state index contributed by atoms with van der Waals surface area (Å²) in [5.41, 5.74) is -1.28. The summed E-state index contributed by atoms with van der Waals surface area (Å²) in [4.78, 5) is 22.9. The molecule has 0 aliphatic carbocycles. The van der Waals surface area contributed by atoms with Crippen molar-refractivity contribution in [2.45, 2.75) is 139 Å². The standard InChI is InChI=1S/C29H46O3.C9H18O2/c1-6-8-9-10-11-12-13-14-15-16-17-18-19-20-21-22-23-24-25-27(7-2)26-31-28(30)32-29(3,4)5;1-8(2,3)7(10)11-9(4,5)6/h8-9,11-12,14-15,17-18,20-21,23-24,27H,6-7,10,13,16,19,22,25-26H2,1-5H3;1-6H3/b9-8-,12-11-,15-14-,18-17-,21-20-,24-23-;. The van der Waals surface area contributed by atoms with Gasteiger partial charge in [-0.25, -0.2) is 4.79 Å². The molecule has 0 bridgehead atoms. The number of carbonyl (C=O) groups excluding carboxylic acids is 2. The van der Waals surface area contributed by atoms with Gasteiger partial charge >= 0.3 is 12.1 Å². The highest BCUT2D eigenvalue weighted by atomic mass is 16.7. The molecule has 246 valence electrons. The molecule has 0 aliphatic rings. The number of hydrogen-bond acceptors (Lipinski definition) is 5. The predicted octanol–water partition coefficient (Wildman–Crippen LogP) is 11.4. The normalized spacial score (nSPS) is 13.8. The second kappa shape index (κ2) is 24.6. The summed E-state index contributed by atoms with van der Waals surface area (Å²) in [7, 11) is 0. The molecule has 0 saturated carbocycles. The Balaban J connectivity index is 0. The Hall–Kier alpha value is -2.82. The largest absolute Gasteiger partial charge is 0.508 e. The Morgan fingerprint density at radius 1 is 0.558 bits per heavy atom. The Kier molecular flexibility index (Phi) is 24.2. The lowest BCUT2D eigenvalue weighted by molar-refractivity contribution is -0.164. The van der Waals surface area contributed by atoms with E-state index in [0.717, 1.165) is 51.4 Å². The molecule has 0 saturated heterocycles. The lowest BCUT2D eigenvalue weighted by Gasteiger charge is -2.25. The number of ether oxygens (including phenoxy) is 3. The summed E-state index contributed by atoms with van der Waals surface area (Å²) in [5.74, 6) is 0.178. The molecule has 43 heavy (non-hydrogen) atoms. The zero-order valence-electron chi connectivity index (χ0n) is 29.4. The summed E-state index contributed by atoms with van der Waals surface area (Å²) < 4.78 is 15.6. The van der Waals surface area contributed by atoms with Crippen LogP contribution in [0.15, 0.2) is 72.9 Å². The monoisotopic (exact) mass is 600 g/mol. The summed E-state index contributed by atoms with van der Waals surface area (Å²) in [6, 6.07) is 0. The third-order valence-electron chi connectivity index (χ3n) is 5.48. The van der Waals surface area contributed by atoms with Crippen LogP contribution in [0, 0.1) is 11.3 Å². The van der Waals surface area contributed by atoms with Crippen molar-refractivity contribution in [3.8, 4) is 0 Å². The van der Waals surface area contributed by atoms with E-state index < -0.39 is 17.2 Å². The first-order chi connectivity index (χ1) is 20.0. The van der Waals surface area contributed by atoms with Crippen molar-refractivity contribution in [2.75, 3.05) is 6.61 Å². The maximum atomic E-state index is 11.6. The SMILES string of the molecule is CC(C)(C)OC(=O)C(C)(C)C.CC/C=C\C/C=C\C/C=C\C/C=C\C/C=C\C/C=C\CC(CC)COC(=O)OC(C)(C)C. The molecular weight excluding hydrogens is 536 g/mol. The van der Waals surface area contributed by atoms with Gasteiger partial charge in [-0.2, -0.15) is 0 Å². The lowest BCUT2D eigenvalue weighted by Crippen LogP contribution is -2.31. The molecular formula is C38H64O5. The van der Waals surface area contributed by atoms with Gasteiger partial charge < -0.3 is 14.2 Å². The Morgan fingerprint density at radius 3 is 1.23 bits per heavy atom. The van der Waals surface area contributed by atoms with Crippen molar-refractivity contribution >= 4 is 12.1 Å². The molecule has 0 aromatic carbocycles. The van der Waals surface area contributed by atoms with Crippen molar-refractivity contribution in [3.05, 3.63) is 72.9 Å². The number of hydrogen-bond donors (Lipinski definition) is 0. The van der Waals surface area contributed by atoms with Crippen LogP contribution in [0.1, 0.15) is 128 Å². The topological polar surface area (TPSA) is 61.8 Å². The van der Waals surface area contributed by atoms with Gasteiger partial charge in [-0.15, -0.1) is 0 Å². The fourth-order valence-electron chi connectivity index (χ4n) is 3.06. The molecule has 0 spiro atoms. The highest BCUT2D eigenvalue weighted by Crippen LogP contribution is 2.20. The van der Waals surface area contributed by atoms with E-state index >= 15 is 0 Å². The minimum atomic E-state index is -0.585. The van der Waals surface area contributed by atoms with Crippen LogP contribution in [0.5, 0.6) is 0 Å². The van der Waals surface area contributed by atoms with Gasteiger partial charge in [0.1, 0.15) is 11.2 Å². The molecule has 0 heterocycles. The van der Waals surface area contributed by atoms with Crippen LogP contribution >= 0.6 is 0 Å². The van der Waals surface area contributed by atoms with Gasteiger partial charge in [-0.1, -0.05) is 86.8 Å². The van der Waals surface area contributed by atoms with Crippen LogP contribution in [0.3, 0.4) is 0 Å². The Bertz CT molecular complexity index is 896. The fourth-order valence-corrected chi connectivity index (χ4v) is 3.06. The van der Waals surface area contributed by atoms with Crippen LogP contribution in [0.2, 0.25) is 0 Å². The first kappa shape index (κ1) is 42.3. The van der Waals surface area contributed by atoms with E-state index in [-0.39, 0.29) is 11.6 Å². The van der Waals surface area contributed by atoms with Gasteiger partial charge in [-0.05, 0) is 120 Å². The molecule has 0 fully saturated rings. The highest BCUT2D eigenvalue weighted by molar-refractivity contribution is 5.75. The molecule has 0 aromatic heterocycles. The van der Waals surface area contributed by atoms with Crippen molar-refractivity contribution in [1.29, 1.82) is 0 Å². The summed E-state index contributed by atoms with van der Waals surface area (Å²) >= 11 is 0. The quantitative estimate of drug-likeness (QED) is 0.130. The van der Waals surface area contributed by atoms with Gasteiger partial charge in [0.25, 0.3) is 0 Å². The fraction of sp³-hybridized carbons (Fsp3) is 0.632. The molecule has 5 nitrogen and oxygen atoms in total. The number of carbonyl (C=O) groups is 2. The Labute approximate surface area is 265 Å². The van der Waals surface area contributed by atoms with Crippen molar-refractivity contribution < 1.29 is 23.8 Å². The maximum Gasteiger partial charge on any atom is 0.508 e. The maximum absolute atomic E-state index is 11.6. The molecule has 0 amide bonds. The Morgan fingerprint density at radius 2 is 0.930 bits per heavy atom. The van der Waals surface area contributed by atoms with Crippen LogP contribution < -0.4 is 0 Å². The highest BCUT2D eigenvalue weighted by Gasteiger charge is 2.27. The van der Waals surface area contributed by atoms with E-state index in [1.807, 2.05) is 62.3 Å². The van der Waals surface area contributed by atoms with Gasteiger partial charge in [0.15, 0.2) is 0 Å². The van der Waals surface area contributed by atoms with Crippen molar-refractivity contribution in [3.63, 3.8) is 0 Å². The van der Waals surface area contributed by atoms with Crippen molar-refractivity contribution in [2.24, 2.45) is 11.3 Å². The van der Waals surface area contributed by atoms with Crippen LogP contribution in [-0.2, 0) is 19.0 Å². The van der Waals surface area contributed by atoms with Crippen LogP contribution in [0.25, 0.3) is 0 Å². The minimum absolute atomic E-state index is 0.148. The molecule has 0 N–H and O–H groups in total. The molecule has 0 rings (SSSR count). The molecule has 0 aromatic rings. The summed E-state index contributed by atoms with van der Waals surface area (Å²) in [6.45, 7) is 21.3. The first-order valence-electron chi connectivity index (χ1n) is 16.0. The summed E-state index contributed by atoms with van der Waals surface area (Å²) in [6.07, 6.45) is 33.7. The van der Waals surface area contributed by atoms with Crippen LogP contribution in [0.4, 0.5) is 4.79 Å². The van der Waals surface area contributed by atoms with E-state index in [1.165, 1.54) is 0 Å². The van der Waals surface area contributed by atoms with E-state index in [0.29, 0.717) is 12.5 Å². The minimum Gasteiger partial charge on any atom is -0.460 e. The van der Waals surface area contributed by atoms with Gasteiger partial charge in [0.2, 0.25) is 0 Å². The van der Waals surface area contributed by atoms with Gasteiger partial charge in [0.05, 0.1) is 12.0 Å². The van der Waals surface area contributed by atoms with Crippen LogP contribution in [-0.4, -0.2) is 29.9 Å². The molecule has 0 radical (unpaired) electrons. The average Bonchev–Trinajstić information content (AvgIpc) is 2.87. The average molecular weight is 601 g/mol. The van der Waals surface area contributed by atoms with E-state index in [2.05, 4.69) is 86.8 Å². The molecule has 1 unspecified atom stereocenters. The van der Waals surface area contributed by atoms with E-state index in [1.54, 1.807) is 0 Å². The number of rotatable bonds is 16. The van der Waals surface area contributed by atoms with E-state index in [9.17, 15) is 9.59 Å². The summed E-state index contributed by atoms with van der Waals surface area (Å²) in [5, 5.41) is 0. The first-order valence-corrected chi connectivity index (χ1v) is 16.0. The predicted molar refractivity (Wildman–Crippen MR) is 184 cm³/mol. The zero-order valence-corrected chi connectivity index (χ0v) is 29.4. The second-order valence-electron chi connectivity index (χ2n) is 13.5. The second-order valence-corrected chi connectivity index (χ2v) is 13.5. The lowest BCUT2D eigenvalue weighted by atomic mass is 9.97. The van der Waals surface area contributed by atoms with Gasteiger partial charge in [0, 0.05) is 0 Å². The smallest absolute Gasteiger partial charge is 0.460 e. The number of esters is 1.